The molecule has 186 valence electrons. The summed E-state index contributed by atoms with van der Waals surface area (Å²) in [6.07, 6.45) is 0.796. The number of amides is 3. The number of hydrogen-bond acceptors (Lipinski definition) is 3. The maximum atomic E-state index is 13.2. The van der Waals surface area contributed by atoms with Crippen LogP contribution < -0.4 is 10.6 Å². The molecule has 35 heavy (non-hydrogen) atoms. The van der Waals surface area contributed by atoms with E-state index in [9.17, 15) is 9.59 Å². The quantitative estimate of drug-likeness (QED) is 0.419. The van der Waals surface area contributed by atoms with Gasteiger partial charge in [0.05, 0.1) is 11.4 Å². The fraction of sp³-hybridized carbons (Fsp3) is 0.393. The van der Waals surface area contributed by atoms with E-state index in [0.717, 1.165) is 23.4 Å². The average molecular weight is 476 g/mol. The van der Waals surface area contributed by atoms with Crippen molar-refractivity contribution in [2.45, 2.75) is 53.4 Å². The zero-order valence-corrected chi connectivity index (χ0v) is 21.6. The van der Waals surface area contributed by atoms with Crippen LogP contribution in [0.3, 0.4) is 0 Å². The van der Waals surface area contributed by atoms with Gasteiger partial charge in [0.25, 0.3) is 0 Å². The van der Waals surface area contributed by atoms with Gasteiger partial charge in [-0.1, -0.05) is 71.0 Å². The summed E-state index contributed by atoms with van der Waals surface area (Å²) in [5, 5.41) is 10.7. The molecule has 0 aliphatic heterocycles. The van der Waals surface area contributed by atoms with Gasteiger partial charge in [0, 0.05) is 23.7 Å². The Kier molecular flexibility index (Phi) is 8.33. The number of carbonyl (C=O) groups is 2. The summed E-state index contributed by atoms with van der Waals surface area (Å²) in [7, 11) is 0. The first-order valence-corrected chi connectivity index (χ1v) is 12.1. The van der Waals surface area contributed by atoms with Crippen molar-refractivity contribution in [2.24, 2.45) is 5.92 Å². The molecule has 0 aliphatic carbocycles. The van der Waals surface area contributed by atoms with Crippen LogP contribution in [-0.4, -0.2) is 39.7 Å². The van der Waals surface area contributed by atoms with Crippen LogP contribution >= 0.6 is 0 Å². The second-order valence-electron chi connectivity index (χ2n) is 10.3. The summed E-state index contributed by atoms with van der Waals surface area (Å²) in [5.41, 5.74) is 3.32. The van der Waals surface area contributed by atoms with Gasteiger partial charge in [-0.25, -0.2) is 9.48 Å². The van der Waals surface area contributed by atoms with E-state index < -0.39 is 0 Å². The lowest BCUT2D eigenvalue weighted by atomic mass is 9.92. The van der Waals surface area contributed by atoms with E-state index in [1.54, 1.807) is 9.58 Å². The van der Waals surface area contributed by atoms with Gasteiger partial charge < -0.3 is 15.5 Å². The van der Waals surface area contributed by atoms with Crippen LogP contribution in [0, 0.1) is 12.8 Å². The van der Waals surface area contributed by atoms with Crippen molar-refractivity contribution in [2.75, 3.05) is 23.7 Å². The number of rotatable bonds is 8. The Bertz CT molecular complexity index is 1150. The molecule has 0 aliphatic rings. The van der Waals surface area contributed by atoms with Gasteiger partial charge in [0.2, 0.25) is 5.91 Å². The summed E-state index contributed by atoms with van der Waals surface area (Å²) in [6, 6.07) is 18.8. The van der Waals surface area contributed by atoms with Crippen LogP contribution in [0.1, 0.15) is 52.3 Å². The second-order valence-corrected chi connectivity index (χ2v) is 10.3. The number of hydrogen-bond donors (Lipinski definition) is 2. The highest BCUT2D eigenvalue weighted by Crippen LogP contribution is 2.27. The zero-order valence-electron chi connectivity index (χ0n) is 21.6. The Morgan fingerprint density at radius 2 is 1.66 bits per heavy atom. The van der Waals surface area contributed by atoms with Gasteiger partial charge in [-0.15, -0.1) is 0 Å². The molecule has 3 rings (SSSR count). The molecule has 0 saturated carbocycles. The van der Waals surface area contributed by atoms with E-state index in [2.05, 4.69) is 45.3 Å². The van der Waals surface area contributed by atoms with E-state index in [0.29, 0.717) is 24.0 Å². The molecule has 1 aromatic heterocycles. The predicted octanol–water partition coefficient (Wildman–Crippen LogP) is 6.00. The van der Waals surface area contributed by atoms with Crippen molar-refractivity contribution in [3.8, 4) is 5.69 Å². The number of nitrogens with zero attached hydrogens (tertiary/aromatic N) is 3. The van der Waals surface area contributed by atoms with Crippen molar-refractivity contribution in [1.29, 1.82) is 0 Å². The van der Waals surface area contributed by atoms with Crippen LogP contribution in [0.15, 0.2) is 60.7 Å². The first-order valence-electron chi connectivity index (χ1n) is 12.1. The third-order valence-corrected chi connectivity index (χ3v) is 5.71. The molecule has 2 N–H and O–H groups in total. The summed E-state index contributed by atoms with van der Waals surface area (Å²) in [4.78, 5) is 27.7. The summed E-state index contributed by atoms with van der Waals surface area (Å²) in [6.45, 7) is 12.9. The van der Waals surface area contributed by atoms with Crippen molar-refractivity contribution < 1.29 is 9.59 Å². The Balaban J connectivity index is 1.82. The van der Waals surface area contributed by atoms with Gasteiger partial charge in [-0.2, -0.15) is 5.10 Å². The molecule has 1 heterocycles. The van der Waals surface area contributed by atoms with E-state index >= 15 is 0 Å². The van der Waals surface area contributed by atoms with Crippen molar-refractivity contribution in [3.63, 3.8) is 0 Å². The fourth-order valence-corrected chi connectivity index (χ4v) is 3.57. The van der Waals surface area contributed by atoms with Crippen LogP contribution in [0.2, 0.25) is 0 Å². The normalized spacial score (nSPS) is 11.4. The lowest BCUT2D eigenvalue weighted by molar-refractivity contribution is -0.116. The van der Waals surface area contributed by atoms with Crippen LogP contribution in [0.5, 0.6) is 0 Å². The van der Waals surface area contributed by atoms with Gasteiger partial charge in [-0.3, -0.25) is 4.79 Å². The molecule has 7 nitrogen and oxygen atoms in total. The Morgan fingerprint density at radius 3 is 2.29 bits per heavy atom. The summed E-state index contributed by atoms with van der Waals surface area (Å²) >= 11 is 0. The Labute approximate surface area is 208 Å². The van der Waals surface area contributed by atoms with Gasteiger partial charge in [0.15, 0.2) is 0 Å². The molecule has 0 radical (unpaired) electrons. The smallest absolute Gasteiger partial charge is 0.315 e. The van der Waals surface area contributed by atoms with Crippen molar-refractivity contribution in [3.05, 3.63) is 71.9 Å². The largest absolute Gasteiger partial charge is 0.322 e. The number of nitrogens with one attached hydrogen (secondary N) is 2. The highest BCUT2D eigenvalue weighted by atomic mass is 16.2. The first-order chi connectivity index (χ1) is 16.5. The van der Waals surface area contributed by atoms with Gasteiger partial charge >= 0.3 is 6.03 Å². The molecule has 2 aromatic carbocycles. The minimum Gasteiger partial charge on any atom is -0.315 e. The molecule has 3 amide bonds. The van der Waals surface area contributed by atoms with Crippen LogP contribution in [0.4, 0.5) is 16.3 Å². The molecule has 0 unspecified atom stereocenters. The Morgan fingerprint density at radius 1 is 1.00 bits per heavy atom. The Hall–Kier alpha value is -3.61. The number of aromatic nitrogens is 2. The third-order valence-electron chi connectivity index (χ3n) is 5.71. The minimum absolute atomic E-state index is 0.0603. The summed E-state index contributed by atoms with van der Waals surface area (Å²) in [5.74, 6) is 0.718. The van der Waals surface area contributed by atoms with Crippen molar-refractivity contribution in [1.82, 2.24) is 14.7 Å². The van der Waals surface area contributed by atoms with E-state index in [4.69, 9.17) is 5.10 Å². The minimum atomic E-state index is -0.296. The maximum absolute atomic E-state index is 13.2. The number of para-hydroxylation sites is 2. The highest BCUT2D eigenvalue weighted by Gasteiger charge is 2.23. The molecule has 0 spiro atoms. The van der Waals surface area contributed by atoms with E-state index in [1.165, 1.54) is 0 Å². The highest BCUT2D eigenvalue weighted by molar-refractivity contribution is 5.96. The molecule has 3 aromatic rings. The number of carbonyl (C=O) groups excluding carboxylic acids is 2. The predicted molar refractivity (Wildman–Crippen MR) is 142 cm³/mol. The lowest BCUT2D eigenvalue weighted by Gasteiger charge is -2.23. The number of aryl methyl sites for hydroxylation is 1. The lowest BCUT2D eigenvalue weighted by Crippen LogP contribution is -2.41. The first kappa shape index (κ1) is 26.0. The molecular formula is C28H37N5O2. The molecular weight excluding hydrogens is 438 g/mol. The number of urea groups is 1. The molecule has 0 saturated heterocycles. The van der Waals surface area contributed by atoms with Crippen molar-refractivity contribution >= 4 is 23.4 Å². The maximum Gasteiger partial charge on any atom is 0.322 e. The van der Waals surface area contributed by atoms with Crippen LogP contribution in [-0.2, 0) is 10.2 Å². The monoisotopic (exact) mass is 475 g/mol. The SMILES string of the molecule is Cc1ccccc1-n1nc(C(C)(C)C)cc1NC(=O)CN(CCC(C)C)C(=O)Nc1ccccc1. The average Bonchev–Trinajstić information content (AvgIpc) is 3.21. The van der Waals surface area contributed by atoms with E-state index in [-0.39, 0.29) is 23.9 Å². The zero-order chi connectivity index (χ0) is 25.6. The van der Waals surface area contributed by atoms with Gasteiger partial charge in [-0.05, 0) is 43.0 Å². The standard InChI is InChI=1S/C28H37N5O2/c1-20(2)16-17-32(27(35)29-22-13-8-7-9-14-22)19-26(34)30-25-18-24(28(4,5)6)31-33(25)23-15-11-10-12-21(23)3/h7-15,18,20H,16-17,19H2,1-6H3,(H,29,35)(H,30,34). The fourth-order valence-electron chi connectivity index (χ4n) is 3.57. The summed E-state index contributed by atoms with van der Waals surface area (Å²) < 4.78 is 1.77. The molecule has 7 heteroatoms. The number of benzene rings is 2. The van der Waals surface area contributed by atoms with E-state index in [1.807, 2.05) is 67.6 Å². The van der Waals surface area contributed by atoms with Gasteiger partial charge in [0.1, 0.15) is 12.4 Å². The molecule has 0 bridgehead atoms. The second kappa shape index (κ2) is 11.2. The third kappa shape index (κ3) is 7.18. The van der Waals surface area contributed by atoms with Crippen LogP contribution in [0.25, 0.3) is 5.69 Å². The molecule has 0 atom stereocenters. The molecule has 0 fully saturated rings. The topological polar surface area (TPSA) is 79.3 Å². The number of anilines is 2.